The molecule has 0 amide bonds. The van der Waals surface area contributed by atoms with E-state index in [2.05, 4.69) is 16.1 Å². The zero-order chi connectivity index (χ0) is 10.8. The second-order valence-corrected chi connectivity index (χ2v) is 4.77. The standard InChI is InChI=1S/C9H6N2O2S2/c1-10-15-9-11-7-5(8(12)13)3-2-4-6(7)14-9/h2-4H,1H2,(H,12,13). The number of carboxylic acids is 1. The molecule has 4 nitrogen and oxygen atoms in total. The molecule has 1 heterocycles. The lowest BCUT2D eigenvalue weighted by atomic mass is 10.2. The van der Waals surface area contributed by atoms with Gasteiger partial charge in [-0.3, -0.25) is 0 Å². The van der Waals surface area contributed by atoms with E-state index in [1.54, 1.807) is 12.1 Å². The van der Waals surface area contributed by atoms with Crippen molar-refractivity contribution in [3.8, 4) is 0 Å². The Labute approximate surface area is 93.8 Å². The molecule has 0 saturated carbocycles. The average molecular weight is 238 g/mol. The quantitative estimate of drug-likeness (QED) is 0.659. The third-order valence-electron chi connectivity index (χ3n) is 1.77. The normalized spacial score (nSPS) is 10.4. The third-order valence-corrected chi connectivity index (χ3v) is 3.44. The first kappa shape index (κ1) is 10.1. The number of carboxylic acid groups (broad SMARTS) is 1. The lowest BCUT2D eigenvalue weighted by Gasteiger charge is -1.93. The maximum absolute atomic E-state index is 10.9. The van der Waals surface area contributed by atoms with Crippen LogP contribution < -0.4 is 0 Å². The number of hydrogen-bond donors (Lipinski definition) is 1. The van der Waals surface area contributed by atoms with E-state index in [0.29, 0.717) is 9.86 Å². The maximum atomic E-state index is 10.9. The zero-order valence-electron chi connectivity index (χ0n) is 7.51. The Morgan fingerprint density at radius 3 is 3.07 bits per heavy atom. The summed E-state index contributed by atoms with van der Waals surface area (Å²) < 4.78 is 5.19. The van der Waals surface area contributed by atoms with Gasteiger partial charge >= 0.3 is 5.97 Å². The van der Waals surface area contributed by atoms with Crippen LogP contribution >= 0.6 is 23.3 Å². The van der Waals surface area contributed by atoms with Gasteiger partial charge in [0.15, 0.2) is 4.34 Å². The summed E-state index contributed by atoms with van der Waals surface area (Å²) in [6.45, 7) is 3.35. The first-order chi connectivity index (χ1) is 7.22. The van der Waals surface area contributed by atoms with Crippen LogP contribution in [0.2, 0.25) is 0 Å². The number of carbonyl (C=O) groups is 1. The molecule has 15 heavy (non-hydrogen) atoms. The van der Waals surface area contributed by atoms with Crippen LogP contribution in [-0.4, -0.2) is 22.8 Å². The number of fused-ring (bicyclic) bond motifs is 1. The van der Waals surface area contributed by atoms with Gasteiger partial charge in [0.2, 0.25) is 0 Å². The lowest BCUT2D eigenvalue weighted by molar-refractivity contribution is 0.0699. The van der Waals surface area contributed by atoms with E-state index in [9.17, 15) is 4.79 Å². The molecule has 0 bridgehead atoms. The Kier molecular flexibility index (Phi) is 2.70. The lowest BCUT2D eigenvalue weighted by Crippen LogP contribution is -1.96. The summed E-state index contributed by atoms with van der Waals surface area (Å²) in [6, 6.07) is 5.09. The smallest absolute Gasteiger partial charge is 0.337 e. The fraction of sp³-hybridized carbons (Fsp3) is 0. The summed E-state index contributed by atoms with van der Waals surface area (Å²) in [5, 5.41) is 8.94. The van der Waals surface area contributed by atoms with Crippen molar-refractivity contribution in [1.82, 2.24) is 4.98 Å². The maximum Gasteiger partial charge on any atom is 0.337 e. The summed E-state index contributed by atoms with van der Waals surface area (Å²) in [7, 11) is 0. The molecule has 0 aliphatic heterocycles. The molecule has 0 aliphatic carbocycles. The topological polar surface area (TPSA) is 62.5 Å². The molecule has 0 atom stereocenters. The van der Waals surface area contributed by atoms with Crippen molar-refractivity contribution in [2.45, 2.75) is 4.34 Å². The number of aromatic carboxylic acids is 1. The number of nitrogens with zero attached hydrogens (tertiary/aromatic N) is 2. The molecule has 1 aromatic heterocycles. The Bertz CT molecular complexity index is 536. The van der Waals surface area contributed by atoms with Crippen molar-refractivity contribution in [2.24, 2.45) is 4.40 Å². The van der Waals surface area contributed by atoms with E-state index in [4.69, 9.17) is 5.11 Å². The van der Waals surface area contributed by atoms with Gasteiger partial charge in [0, 0.05) is 11.9 Å². The van der Waals surface area contributed by atoms with Crippen LogP contribution in [-0.2, 0) is 0 Å². The van der Waals surface area contributed by atoms with Crippen molar-refractivity contribution in [2.75, 3.05) is 0 Å². The molecule has 0 saturated heterocycles. The van der Waals surface area contributed by atoms with Crippen LogP contribution in [0.25, 0.3) is 10.2 Å². The SMILES string of the molecule is C=NSc1nc2c(C(=O)O)cccc2s1. The number of aromatic nitrogens is 1. The minimum atomic E-state index is -0.964. The van der Waals surface area contributed by atoms with Crippen LogP contribution in [0.1, 0.15) is 10.4 Å². The fourth-order valence-electron chi connectivity index (χ4n) is 1.20. The fourth-order valence-corrected chi connectivity index (χ4v) is 2.74. The van der Waals surface area contributed by atoms with E-state index in [0.717, 1.165) is 16.6 Å². The highest BCUT2D eigenvalue weighted by atomic mass is 32.2. The summed E-state index contributed by atoms with van der Waals surface area (Å²) in [5.41, 5.74) is 0.737. The minimum Gasteiger partial charge on any atom is -0.478 e. The molecule has 0 spiro atoms. The Balaban J connectivity index is 2.64. The molecule has 0 radical (unpaired) electrons. The predicted molar refractivity (Wildman–Crippen MR) is 62.0 cm³/mol. The summed E-state index contributed by atoms with van der Waals surface area (Å²) in [5.74, 6) is -0.964. The minimum absolute atomic E-state index is 0.222. The second kappa shape index (κ2) is 4.00. The van der Waals surface area contributed by atoms with E-state index in [1.807, 2.05) is 6.07 Å². The Morgan fingerprint density at radius 2 is 2.40 bits per heavy atom. The molecule has 0 fully saturated rings. The van der Waals surface area contributed by atoms with Gasteiger partial charge in [-0.25, -0.2) is 14.2 Å². The van der Waals surface area contributed by atoms with Gasteiger partial charge in [-0.15, -0.1) is 11.3 Å². The third kappa shape index (κ3) is 1.86. The van der Waals surface area contributed by atoms with Gasteiger partial charge in [-0.1, -0.05) is 6.07 Å². The van der Waals surface area contributed by atoms with Gasteiger partial charge in [0.25, 0.3) is 0 Å². The van der Waals surface area contributed by atoms with Crippen molar-refractivity contribution >= 4 is 46.2 Å². The Hall–Kier alpha value is -1.40. The van der Waals surface area contributed by atoms with Gasteiger partial charge in [-0.05, 0) is 18.9 Å². The molecule has 0 unspecified atom stereocenters. The molecule has 2 aromatic rings. The van der Waals surface area contributed by atoms with Crippen LogP contribution in [0.3, 0.4) is 0 Å². The van der Waals surface area contributed by atoms with Crippen LogP contribution in [0, 0.1) is 0 Å². The summed E-state index contributed by atoms with van der Waals surface area (Å²) >= 11 is 2.56. The second-order valence-electron chi connectivity index (χ2n) is 2.66. The number of hydrogen-bond acceptors (Lipinski definition) is 5. The van der Waals surface area contributed by atoms with Crippen LogP contribution in [0.4, 0.5) is 0 Å². The molecule has 1 N–H and O–H groups in total. The van der Waals surface area contributed by atoms with E-state index in [1.165, 1.54) is 11.3 Å². The van der Waals surface area contributed by atoms with E-state index >= 15 is 0 Å². The van der Waals surface area contributed by atoms with Crippen LogP contribution in [0.15, 0.2) is 26.9 Å². The van der Waals surface area contributed by atoms with Gasteiger partial charge in [0.05, 0.1) is 15.8 Å². The predicted octanol–water partition coefficient (Wildman–Crippen LogP) is 2.70. The van der Waals surface area contributed by atoms with Gasteiger partial charge in [0.1, 0.15) is 0 Å². The van der Waals surface area contributed by atoms with E-state index in [-0.39, 0.29) is 5.56 Å². The molecule has 6 heteroatoms. The molecule has 2 rings (SSSR count). The number of rotatable bonds is 3. The van der Waals surface area contributed by atoms with Crippen molar-refractivity contribution in [3.05, 3.63) is 23.8 Å². The van der Waals surface area contributed by atoms with Crippen molar-refractivity contribution in [1.29, 1.82) is 0 Å². The average Bonchev–Trinajstić information content (AvgIpc) is 2.59. The molecule has 0 aliphatic rings. The first-order valence-corrected chi connectivity index (χ1v) is 5.57. The highest BCUT2D eigenvalue weighted by Gasteiger charge is 2.12. The van der Waals surface area contributed by atoms with Crippen LogP contribution in [0.5, 0.6) is 0 Å². The van der Waals surface area contributed by atoms with Gasteiger partial charge < -0.3 is 5.11 Å². The van der Waals surface area contributed by atoms with Crippen molar-refractivity contribution in [3.63, 3.8) is 0 Å². The zero-order valence-corrected chi connectivity index (χ0v) is 9.14. The van der Waals surface area contributed by atoms with Crippen molar-refractivity contribution < 1.29 is 9.90 Å². The summed E-state index contributed by atoms with van der Waals surface area (Å²) in [6.07, 6.45) is 0. The molecular weight excluding hydrogens is 232 g/mol. The van der Waals surface area contributed by atoms with Gasteiger partial charge in [-0.2, -0.15) is 0 Å². The highest BCUT2D eigenvalue weighted by Crippen LogP contribution is 2.31. The number of para-hydroxylation sites is 1. The molecule has 1 aromatic carbocycles. The number of benzene rings is 1. The van der Waals surface area contributed by atoms with E-state index < -0.39 is 5.97 Å². The molecular formula is C9H6N2O2S2. The largest absolute Gasteiger partial charge is 0.478 e. The first-order valence-electron chi connectivity index (χ1n) is 3.98. The Morgan fingerprint density at radius 1 is 1.60 bits per heavy atom. The number of thiazole rings is 1. The molecule has 76 valence electrons. The summed E-state index contributed by atoms with van der Waals surface area (Å²) in [4.78, 5) is 15.1. The monoisotopic (exact) mass is 238 g/mol. The highest BCUT2D eigenvalue weighted by molar-refractivity contribution is 8.00.